The topological polar surface area (TPSA) is 66.6 Å². The Morgan fingerprint density at radius 2 is 2.23 bits per heavy atom. The van der Waals surface area contributed by atoms with E-state index in [0.29, 0.717) is 18.7 Å². The summed E-state index contributed by atoms with van der Waals surface area (Å²) in [4.78, 5) is 13.6. The van der Waals surface area contributed by atoms with E-state index in [1.54, 1.807) is 29.5 Å². The summed E-state index contributed by atoms with van der Waals surface area (Å²) >= 11 is 1.66. The molecular weight excluding hydrogens is 300 g/mol. The normalized spacial score (nSPS) is 12.3. The SMILES string of the molecule is C=CCN(Cc1cccs1)CC(O)c1cccc([N+](=O)[O-])c1. The van der Waals surface area contributed by atoms with E-state index in [1.807, 2.05) is 17.5 Å². The van der Waals surface area contributed by atoms with Gasteiger partial charge in [0.15, 0.2) is 0 Å². The molecule has 1 unspecified atom stereocenters. The van der Waals surface area contributed by atoms with Crippen molar-refractivity contribution in [2.24, 2.45) is 0 Å². The lowest BCUT2D eigenvalue weighted by Gasteiger charge is -2.23. The molecule has 0 amide bonds. The Balaban J connectivity index is 2.06. The number of non-ortho nitro benzene ring substituents is 1. The molecule has 1 N–H and O–H groups in total. The summed E-state index contributed by atoms with van der Waals surface area (Å²) in [7, 11) is 0. The van der Waals surface area contributed by atoms with E-state index in [4.69, 9.17) is 0 Å². The smallest absolute Gasteiger partial charge is 0.269 e. The van der Waals surface area contributed by atoms with Crippen molar-refractivity contribution in [2.45, 2.75) is 12.6 Å². The van der Waals surface area contributed by atoms with Gasteiger partial charge in [-0.05, 0) is 17.0 Å². The van der Waals surface area contributed by atoms with E-state index in [-0.39, 0.29) is 5.69 Å². The van der Waals surface area contributed by atoms with Gasteiger partial charge < -0.3 is 5.11 Å². The third-order valence-electron chi connectivity index (χ3n) is 3.24. The van der Waals surface area contributed by atoms with Crippen molar-refractivity contribution in [3.8, 4) is 0 Å². The van der Waals surface area contributed by atoms with Gasteiger partial charge in [-0.2, -0.15) is 0 Å². The van der Waals surface area contributed by atoms with Gasteiger partial charge in [0.25, 0.3) is 5.69 Å². The summed E-state index contributed by atoms with van der Waals surface area (Å²) in [6, 6.07) is 10.2. The van der Waals surface area contributed by atoms with Gasteiger partial charge in [0.1, 0.15) is 0 Å². The van der Waals surface area contributed by atoms with E-state index >= 15 is 0 Å². The maximum absolute atomic E-state index is 10.8. The second-order valence-corrected chi connectivity index (χ2v) is 5.96. The van der Waals surface area contributed by atoms with Gasteiger partial charge >= 0.3 is 0 Å². The highest BCUT2D eigenvalue weighted by molar-refractivity contribution is 7.09. The fourth-order valence-corrected chi connectivity index (χ4v) is 2.95. The highest BCUT2D eigenvalue weighted by atomic mass is 32.1. The minimum absolute atomic E-state index is 0.00919. The molecule has 0 bridgehead atoms. The van der Waals surface area contributed by atoms with Crippen molar-refractivity contribution in [1.82, 2.24) is 4.90 Å². The molecule has 6 heteroatoms. The van der Waals surface area contributed by atoms with Gasteiger partial charge in [-0.1, -0.05) is 24.3 Å². The van der Waals surface area contributed by atoms with Crippen LogP contribution < -0.4 is 0 Å². The first-order chi connectivity index (χ1) is 10.6. The number of nitrogens with zero attached hydrogens (tertiary/aromatic N) is 2. The number of rotatable bonds is 8. The average Bonchev–Trinajstić information content (AvgIpc) is 3.00. The van der Waals surface area contributed by atoms with Crippen molar-refractivity contribution >= 4 is 17.0 Å². The number of aliphatic hydroxyl groups is 1. The molecule has 1 aromatic carbocycles. The number of hydrogen-bond acceptors (Lipinski definition) is 5. The van der Waals surface area contributed by atoms with Gasteiger partial charge in [-0.25, -0.2) is 0 Å². The Labute approximate surface area is 133 Å². The molecule has 116 valence electrons. The fraction of sp³-hybridized carbons (Fsp3) is 0.250. The molecule has 1 heterocycles. The molecule has 0 saturated carbocycles. The van der Waals surface area contributed by atoms with Gasteiger partial charge in [0.05, 0.1) is 11.0 Å². The Kier molecular flexibility index (Phi) is 5.83. The van der Waals surface area contributed by atoms with Crippen LogP contribution in [0.5, 0.6) is 0 Å². The Bertz CT molecular complexity index is 628. The Hall–Kier alpha value is -2.02. The minimum Gasteiger partial charge on any atom is -0.387 e. The maximum atomic E-state index is 10.8. The quantitative estimate of drug-likeness (QED) is 0.460. The van der Waals surface area contributed by atoms with E-state index in [1.165, 1.54) is 17.0 Å². The molecular formula is C16H18N2O3S. The zero-order valence-electron chi connectivity index (χ0n) is 12.1. The summed E-state index contributed by atoms with van der Waals surface area (Å²) in [6.45, 7) is 5.49. The van der Waals surface area contributed by atoms with Crippen LogP contribution in [0.1, 0.15) is 16.5 Å². The van der Waals surface area contributed by atoms with E-state index < -0.39 is 11.0 Å². The Morgan fingerprint density at radius 1 is 1.41 bits per heavy atom. The van der Waals surface area contributed by atoms with E-state index in [0.717, 1.165) is 6.54 Å². The fourth-order valence-electron chi connectivity index (χ4n) is 2.20. The highest BCUT2D eigenvalue weighted by Crippen LogP contribution is 2.21. The number of benzene rings is 1. The molecule has 0 spiro atoms. The maximum Gasteiger partial charge on any atom is 0.269 e. The number of thiophene rings is 1. The molecule has 0 fully saturated rings. The third kappa shape index (κ3) is 4.49. The zero-order valence-corrected chi connectivity index (χ0v) is 12.9. The third-order valence-corrected chi connectivity index (χ3v) is 4.10. The molecule has 0 aliphatic rings. The molecule has 0 radical (unpaired) electrons. The van der Waals surface area contributed by atoms with Crippen LogP contribution in [0, 0.1) is 10.1 Å². The van der Waals surface area contributed by atoms with Crippen LogP contribution in [0.25, 0.3) is 0 Å². The van der Waals surface area contributed by atoms with Gasteiger partial charge in [-0.15, -0.1) is 17.9 Å². The summed E-state index contributed by atoms with van der Waals surface area (Å²) in [6.07, 6.45) is 1.01. The van der Waals surface area contributed by atoms with Crippen LogP contribution in [0.4, 0.5) is 5.69 Å². The molecule has 1 atom stereocenters. The summed E-state index contributed by atoms with van der Waals surface area (Å²) in [5, 5.41) is 23.2. The van der Waals surface area contributed by atoms with Crippen LogP contribution in [-0.2, 0) is 6.54 Å². The van der Waals surface area contributed by atoms with Crippen LogP contribution >= 0.6 is 11.3 Å². The van der Waals surface area contributed by atoms with E-state index in [9.17, 15) is 15.2 Å². The van der Waals surface area contributed by atoms with Crippen molar-refractivity contribution in [2.75, 3.05) is 13.1 Å². The van der Waals surface area contributed by atoms with Crippen molar-refractivity contribution in [1.29, 1.82) is 0 Å². The number of nitro benzene ring substituents is 1. The predicted octanol–water partition coefficient (Wildman–Crippen LogP) is 3.38. The first-order valence-electron chi connectivity index (χ1n) is 6.88. The molecule has 0 saturated heterocycles. The van der Waals surface area contributed by atoms with Crippen LogP contribution in [0.15, 0.2) is 54.4 Å². The summed E-state index contributed by atoms with van der Waals surface area (Å²) in [5.41, 5.74) is 0.541. The lowest BCUT2D eigenvalue weighted by atomic mass is 10.1. The second-order valence-electron chi connectivity index (χ2n) is 4.93. The van der Waals surface area contributed by atoms with Crippen molar-refractivity contribution in [3.63, 3.8) is 0 Å². The molecule has 0 aliphatic heterocycles. The van der Waals surface area contributed by atoms with E-state index in [2.05, 4.69) is 11.5 Å². The van der Waals surface area contributed by atoms with Crippen molar-refractivity contribution < 1.29 is 10.0 Å². The second kappa shape index (κ2) is 7.84. The van der Waals surface area contributed by atoms with Crippen LogP contribution in [0.3, 0.4) is 0 Å². The van der Waals surface area contributed by atoms with Gasteiger partial charge in [0.2, 0.25) is 0 Å². The molecule has 2 rings (SSSR count). The number of aliphatic hydroxyl groups excluding tert-OH is 1. The zero-order chi connectivity index (χ0) is 15.9. The molecule has 2 aromatic rings. The summed E-state index contributed by atoms with van der Waals surface area (Å²) in [5.74, 6) is 0. The average molecular weight is 318 g/mol. The standard InChI is InChI=1S/C16H18N2O3S/c1-2-8-17(11-15-7-4-9-22-15)12-16(19)13-5-3-6-14(10-13)18(20)21/h2-7,9-10,16,19H,1,8,11-12H2. The van der Waals surface area contributed by atoms with Gasteiger partial charge in [0, 0.05) is 36.6 Å². The van der Waals surface area contributed by atoms with Crippen molar-refractivity contribution in [3.05, 3.63) is 75.0 Å². The first kappa shape index (κ1) is 16.4. The minimum atomic E-state index is -0.778. The molecule has 0 aliphatic carbocycles. The largest absolute Gasteiger partial charge is 0.387 e. The van der Waals surface area contributed by atoms with Crippen LogP contribution in [0.2, 0.25) is 0 Å². The molecule has 5 nitrogen and oxygen atoms in total. The molecule has 22 heavy (non-hydrogen) atoms. The predicted molar refractivity (Wildman–Crippen MR) is 87.8 cm³/mol. The van der Waals surface area contributed by atoms with Gasteiger partial charge in [-0.3, -0.25) is 15.0 Å². The van der Waals surface area contributed by atoms with Crippen LogP contribution in [-0.4, -0.2) is 28.0 Å². The summed E-state index contributed by atoms with van der Waals surface area (Å²) < 4.78 is 0. The Morgan fingerprint density at radius 3 is 2.86 bits per heavy atom. The first-order valence-corrected chi connectivity index (χ1v) is 7.76. The highest BCUT2D eigenvalue weighted by Gasteiger charge is 2.16. The number of hydrogen-bond donors (Lipinski definition) is 1. The lowest BCUT2D eigenvalue weighted by molar-refractivity contribution is -0.385. The monoisotopic (exact) mass is 318 g/mol. The molecule has 1 aromatic heterocycles. The number of nitro groups is 1. The lowest BCUT2D eigenvalue weighted by Crippen LogP contribution is -2.28.